The standard InChI is InChI=1S/C14H14N2O3S/c15-14(17)12-8-4-5-9-13(12)20(18,19)16-10-11-6-2-1-3-7-11/h1-9,16H,10H2,(H2,15,17). The summed E-state index contributed by atoms with van der Waals surface area (Å²) >= 11 is 0. The number of amides is 1. The Morgan fingerprint density at radius 1 is 1.00 bits per heavy atom. The van der Waals surface area contributed by atoms with E-state index in [0.29, 0.717) is 0 Å². The molecule has 104 valence electrons. The summed E-state index contributed by atoms with van der Waals surface area (Å²) < 4.78 is 26.9. The fourth-order valence-corrected chi connectivity index (χ4v) is 2.98. The van der Waals surface area contributed by atoms with Gasteiger partial charge in [0.15, 0.2) is 0 Å². The van der Waals surface area contributed by atoms with Gasteiger partial charge in [0.05, 0.1) is 10.5 Å². The highest BCUT2D eigenvalue weighted by molar-refractivity contribution is 7.89. The summed E-state index contributed by atoms with van der Waals surface area (Å²) in [7, 11) is -3.78. The predicted octanol–water partition coefficient (Wildman–Crippen LogP) is 1.26. The van der Waals surface area contributed by atoms with Crippen LogP contribution in [0.3, 0.4) is 0 Å². The van der Waals surface area contributed by atoms with Crippen LogP contribution in [0.1, 0.15) is 15.9 Å². The number of rotatable bonds is 5. The maximum atomic E-state index is 12.2. The molecule has 0 heterocycles. The van der Waals surface area contributed by atoms with E-state index in [9.17, 15) is 13.2 Å². The molecule has 0 fully saturated rings. The van der Waals surface area contributed by atoms with Crippen molar-refractivity contribution in [1.29, 1.82) is 0 Å². The Hall–Kier alpha value is -2.18. The Labute approximate surface area is 117 Å². The van der Waals surface area contributed by atoms with Gasteiger partial charge in [-0.15, -0.1) is 0 Å². The number of carbonyl (C=O) groups excluding carboxylic acids is 1. The summed E-state index contributed by atoms with van der Waals surface area (Å²) in [4.78, 5) is 11.2. The summed E-state index contributed by atoms with van der Waals surface area (Å²) in [5, 5.41) is 0. The molecule has 2 rings (SSSR count). The Bertz CT molecular complexity index is 712. The first-order valence-corrected chi connectivity index (χ1v) is 7.41. The molecule has 20 heavy (non-hydrogen) atoms. The van der Waals surface area contributed by atoms with Gasteiger partial charge in [-0.1, -0.05) is 42.5 Å². The van der Waals surface area contributed by atoms with Crippen molar-refractivity contribution >= 4 is 15.9 Å². The third-order valence-corrected chi connectivity index (χ3v) is 4.21. The zero-order valence-corrected chi connectivity index (χ0v) is 11.4. The molecule has 0 aliphatic rings. The molecule has 5 nitrogen and oxygen atoms in total. The maximum absolute atomic E-state index is 12.2. The lowest BCUT2D eigenvalue weighted by molar-refractivity contribution is 0.0997. The Morgan fingerprint density at radius 3 is 2.25 bits per heavy atom. The van der Waals surface area contributed by atoms with E-state index < -0.39 is 15.9 Å². The molecule has 2 aromatic rings. The Balaban J connectivity index is 2.25. The summed E-state index contributed by atoms with van der Waals surface area (Å²) in [6.07, 6.45) is 0. The average Bonchev–Trinajstić information content (AvgIpc) is 2.46. The fraction of sp³-hybridized carbons (Fsp3) is 0.0714. The van der Waals surface area contributed by atoms with Crippen LogP contribution in [0.25, 0.3) is 0 Å². The molecule has 0 bridgehead atoms. The van der Waals surface area contributed by atoms with Crippen molar-refractivity contribution in [2.45, 2.75) is 11.4 Å². The van der Waals surface area contributed by atoms with Gasteiger partial charge in [0.25, 0.3) is 0 Å². The number of carbonyl (C=O) groups is 1. The second-order valence-electron chi connectivity index (χ2n) is 4.17. The lowest BCUT2D eigenvalue weighted by Crippen LogP contribution is -2.26. The maximum Gasteiger partial charge on any atom is 0.250 e. The first-order valence-electron chi connectivity index (χ1n) is 5.93. The van der Waals surface area contributed by atoms with Crippen molar-refractivity contribution < 1.29 is 13.2 Å². The quantitative estimate of drug-likeness (QED) is 0.869. The van der Waals surface area contributed by atoms with Gasteiger partial charge in [-0.25, -0.2) is 13.1 Å². The topological polar surface area (TPSA) is 89.3 Å². The number of benzene rings is 2. The summed E-state index contributed by atoms with van der Waals surface area (Å²) in [5.74, 6) is -0.773. The van der Waals surface area contributed by atoms with E-state index in [0.717, 1.165) is 5.56 Å². The number of sulfonamides is 1. The molecule has 0 aromatic heterocycles. The fourth-order valence-electron chi connectivity index (χ4n) is 1.76. The van der Waals surface area contributed by atoms with Gasteiger partial charge in [0.1, 0.15) is 0 Å². The first kappa shape index (κ1) is 14.2. The SMILES string of the molecule is NC(=O)c1ccccc1S(=O)(=O)NCc1ccccc1. The summed E-state index contributed by atoms with van der Waals surface area (Å²) in [5.41, 5.74) is 5.99. The minimum Gasteiger partial charge on any atom is -0.366 e. The van der Waals surface area contributed by atoms with E-state index in [2.05, 4.69) is 4.72 Å². The van der Waals surface area contributed by atoms with Crippen LogP contribution in [0.5, 0.6) is 0 Å². The molecular weight excluding hydrogens is 276 g/mol. The van der Waals surface area contributed by atoms with Gasteiger partial charge < -0.3 is 5.73 Å². The Kier molecular flexibility index (Phi) is 4.16. The molecule has 0 aliphatic carbocycles. The lowest BCUT2D eigenvalue weighted by Gasteiger charge is -2.09. The third-order valence-electron chi connectivity index (χ3n) is 2.75. The molecule has 6 heteroatoms. The zero-order valence-electron chi connectivity index (χ0n) is 10.6. The summed E-state index contributed by atoms with van der Waals surface area (Å²) in [6.45, 7) is 0.149. The molecule has 0 saturated carbocycles. The van der Waals surface area contributed by atoms with Crippen molar-refractivity contribution in [1.82, 2.24) is 4.72 Å². The number of primary amides is 1. The molecule has 0 aliphatic heterocycles. The summed E-state index contributed by atoms with van der Waals surface area (Å²) in [6, 6.07) is 15.0. The van der Waals surface area contributed by atoms with Gasteiger partial charge in [0.2, 0.25) is 15.9 Å². The zero-order chi connectivity index (χ0) is 14.6. The molecular formula is C14H14N2O3S. The normalized spacial score (nSPS) is 11.2. The van der Waals surface area contributed by atoms with Crippen molar-refractivity contribution in [3.05, 3.63) is 65.7 Å². The van der Waals surface area contributed by atoms with Gasteiger partial charge in [-0.3, -0.25) is 4.79 Å². The number of hydrogen-bond donors (Lipinski definition) is 2. The van der Waals surface area contributed by atoms with Crippen LogP contribution >= 0.6 is 0 Å². The number of hydrogen-bond acceptors (Lipinski definition) is 3. The highest BCUT2D eigenvalue weighted by Crippen LogP contribution is 2.15. The van der Waals surface area contributed by atoms with Crippen LogP contribution in [0, 0.1) is 0 Å². The molecule has 0 unspecified atom stereocenters. The largest absolute Gasteiger partial charge is 0.366 e. The van der Waals surface area contributed by atoms with Crippen LogP contribution in [-0.4, -0.2) is 14.3 Å². The van der Waals surface area contributed by atoms with Gasteiger partial charge in [-0.05, 0) is 17.7 Å². The van der Waals surface area contributed by atoms with Crippen LogP contribution < -0.4 is 10.5 Å². The van der Waals surface area contributed by atoms with E-state index in [1.54, 1.807) is 12.1 Å². The number of nitrogens with one attached hydrogen (secondary N) is 1. The van der Waals surface area contributed by atoms with Gasteiger partial charge in [-0.2, -0.15) is 0 Å². The molecule has 3 N–H and O–H groups in total. The highest BCUT2D eigenvalue weighted by Gasteiger charge is 2.20. The highest BCUT2D eigenvalue weighted by atomic mass is 32.2. The third kappa shape index (κ3) is 3.23. The average molecular weight is 290 g/mol. The Morgan fingerprint density at radius 2 is 1.60 bits per heavy atom. The van der Waals surface area contributed by atoms with E-state index in [1.807, 2.05) is 30.3 Å². The molecule has 0 spiro atoms. The van der Waals surface area contributed by atoms with Crippen LogP contribution in [0.4, 0.5) is 0 Å². The molecule has 1 amide bonds. The molecule has 0 saturated heterocycles. The van der Waals surface area contributed by atoms with Crippen LogP contribution in [-0.2, 0) is 16.6 Å². The smallest absolute Gasteiger partial charge is 0.250 e. The predicted molar refractivity (Wildman–Crippen MR) is 75.4 cm³/mol. The second kappa shape index (κ2) is 5.85. The molecule has 0 radical (unpaired) electrons. The van der Waals surface area contributed by atoms with Crippen molar-refractivity contribution in [2.75, 3.05) is 0 Å². The van der Waals surface area contributed by atoms with E-state index in [1.165, 1.54) is 12.1 Å². The minimum absolute atomic E-state index is 0.0203. The van der Waals surface area contributed by atoms with Crippen molar-refractivity contribution in [3.63, 3.8) is 0 Å². The van der Waals surface area contributed by atoms with Crippen LogP contribution in [0.15, 0.2) is 59.5 Å². The van der Waals surface area contributed by atoms with E-state index >= 15 is 0 Å². The first-order chi connectivity index (χ1) is 9.50. The molecule has 0 atom stereocenters. The minimum atomic E-state index is -3.78. The number of nitrogens with two attached hydrogens (primary N) is 1. The monoisotopic (exact) mass is 290 g/mol. The van der Waals surface area contributed by atoms with Gasteiger partial charge in [0, 0.05) is 6.54 Å². The lowest BCUT2D eigenvalue weighted by atomic mass is 10.2. The van der Waals surface area contributed by atoms with Gasteiger partial charge >= 0.3 is 0 Å². The second-order valence-corrected chi connectivity index (χ2v) is 5.91. The van der Waals surface area contributed by atoms with E-state index in [4.69, 9.17) is 5.73 Å². The van der Waals surface area contributed by atoms with Crippen LogP contribution in [0.2, 0.25) is 0 Å². The van der Waals surface area contributed by atoms with E-state index in [-0.39, 0.29) is 17.0 Å². The molecule has 2 aromatic carbocycles. The van der Waals surface area contributed by atoms with Crippen molar-refractivity contribution in [3.8, 4) is 0 Å². The van der Waals surface area contributed by atoms with Crippen molar-refractivity contribution in [2.24, 2.45) is 5.73 Å².